The lowest BCUT2D eigenvalue weighted by atomic mass is 9.73. The van der Waals surface area contributed by atoms with E-state index in [1.807, 2.05) is 54.6 Å². The highest BCUT2D eigenvalue weighted by Crippen LogP contribution is 2.45. The first kappa shape index (κ1) is 19.2. The topological polar surface area (TPSA) is 49.4 Å². The van der Waals surface area contributed by atoms with Crippen molar-refractivity contribution in [3.8, 4) is 0 Å². The summed E-state index contributed by atoms with van der Waals surface area (Å²) in [6.07, 6.45) is 3.88. The van der Waals surface area contributed by atoms with E-state index in [0.29, 0.717) is 13.0 Å². The summed E-state index contributed by atoms with van der Waals surface area (Å²) in [5.41, 5.74) is 2.07. The maximum atomic E-state index is 13.3. The molecule has 0 spiro atoms. The van der Waals surface area contributed by atoms with Crippen LogP contribution in [-0.2, 0) is 21.4 Å². The summed E-state index contributed by atoms with van der Waals surface area (Å²) in [7, 11) is 1.80. The van der Waals surface area contributed by atoms with Crippen molar-refractivity contribution in [3.63, 3.8) is 0 Å². The normalized spacial score (nSPS) is 18.4. The Labute approximate surface area is 161 Å². The number of amides is 2. The van der Waals surface area contributed by atoms with Crippen LogP contribution in [0.3, 0.4) is 0 Å². The second kappa shape index (κ2) is 8.38. The minimum atomic E-state index is -0.846. The molecule has 1 heterocycles. The summed E-state index contributed by atoms with van der Waals surface area (Å²) < 4.78 is 0. The fourth-order valence-corrected chi connectivity index (χ4v) is 4.00. The smallest absolute Gasteiger partial charge is 0.238 e. The van der Waals surface area contributed by atoms with Gasteiger partial charge in [-0.1, -0.05) is 68.3 Å². The van der Waals surface area contributed by atoms with E-state index >= 15 is 0 Å². The van der Waals surface area contributed by atoms with Gasteiger partial charge in [0.1, 0.15) is 0 Å². The third kappa shape index (κ3) is 3.90. The zero-order valence-corrected chi connectivity index (χ0v) is 16.2. The van der Waals surface area contributed by atoms with Gasteiger partial charge < -0.3 is 10.2 Å². The van der Waals surface area contributed by atoms with Crippen LogP contribution in [0.25, 0.3) is 0 Å². The number of carbonyl (C=O) groups excluding carboxylic acids is 2. The van der Waals surface area contributed by atoms with Crippen LogP contribution in [-0.4, -0.2) is 25.4 Å². The molecule has 0 bridgehead atoms. The molecule has 27 heavy (non-hydrogen) atoms. The lowest BCUT2D eigenvalue weighted by Gasteiger charge is -2.28. The fraction of sp³-hybridized carbons (Fsp3) is 0.391. The van der Waals surface area contributed by atoms with E-state index in [1.165, 1.54) is 0 Å². The van der Waals surface area contributed by atoms with Crippen molar-refractivity contribution in [1.29, 1.82) is 0 Å². The number of hydrogen-bond donors (Lipinski definition) is 1. The van der Waals surface area contributed by atoms with Gasteiger partial charge in [-0.3, -0.25) is 9.59 Å². The van der Waals surface area contributed by atoms with Crippen molar-refractivity contribution < 1.29 is 9.59 Å². The molecule has 0 fully saturated rings. The molecule has 0 aliphatic carbocycles. The number of fused-ring (bicyclic) bond motifs is 1. The number of unbranched alkanes of at least 4 members (excludes halogenated alkanes) is 2. The van der Waals surface area contributed by atoms with Crippen molar-refractivity contribution in [3.05, 3.63) is 65.7 Å². The Morgan fingerprint density at radius 1 is 1.04 bits per heavy atom. The number of nitrogens with one attached hydrogen (secondary N) is 1. The highest BCUT2D eigenvalue weighted by molar-refractivity contribution is 6.09. The molecule has 142 valence electrons. The number of anilines is 1. The number of benzene rings is 2. The Bertz CT molecular complexity index is 803. The molecule has 0 unspecified atom stereocenters. The third-order valence-corrected chi connectivity index (χ3v) is 5.41. The summed E-state index contributed by atoms with van der Waals surface area (Å²) in [6.45, 7) is 2.81. The van der Waals surface area contributed by atoms with Gasteiger partial charge in [0.2, 0.25) is 11.8 Å². The van der Waals surface area contributed by atoms with Gasteiger partial charge in [-0.05, 0) is 30.0 Å². The van der Waals surface area contributed by atoms with Gasteiger partial charge in [0.05, 0.1) is 5.41 Å². The maximum Gasteiger partial charge on any atom is 0.238 e. The average molecular weight is 364 g/mol. The molecule has 4 nitrogen and oxygen atoms in total. The number of hydrogen-bond acceptors (Lipinski definition) is 2. The third-order valence-electron chi connectivity index (χ3n) is 5.41. The van der Waals surface area contributed by atoms with Gasteiger partial charge >= 0.3 is 0 Å². The lowest BCUT2D eigenvalue weighted by molar-refractivity contribution is -0.129. The van der Waals surface area contributed by atoms with Gasteiger partial charge in [0.25, 0.3) is 0 Å². The Kier molecular flexibility index (Phi) is 5.94. The second-order valence-electron chi connectivity index (χ2n) is 7.36. The summed E-state index contributed by atoms with van der Waals surface area (Å²) >= 11 is 0. The van der Waals surface area contributed by atoms with Crippen molar-refractivity contribution in [2.24, 2.45) is 0 Å². The Morgan fingerprint density at radius 2 is 1.74 bits per heavy atom. The van der Waals surface area contributed by atoms with E-state index in [0.717, 1.165) is 36.1 Å². The van der Waals surface area contributed by atoms with Gasteiger partial charge in [0.15, 0.2) is 0 Å². The first-order valence-corrected chi connectivity index (χ1v) is 9.77. The van der Waals surface area contributed by atoms with E-state index < -0.39 is 5.41 Å². The highest BCUT2D eigenvalue weighted by Gasteiger charge is 2.50. The first-order valence-electron chi connectivity index (χ1n) is 9.77. The van der Waals surface area contributed by atoms with Crippen LogP contribution < -0.4 is 10.2 Å². The van der Waals surface area contributed by atoms with Crippen molar-refractivity contribution in [2.45, 2.75) is 44.4 Å². The molecule has 0 saturated heterocycles. The van der Waals surface area contributed by atoms with Crippen LogP contribution in [0.15, 0.2) is 54.6 Å². The minimum Gasteiger partial charge on any atom is -0.356 e. The highest BCUT2D eigenvalue weighted by atomic mass is 16.2. The number of rotatable bonds is 8. The van der Waals surface area contributed by atoms with Crippen molar-refractivity contribution >= 4 is 17.5 Å². The lowest BCUT2D eigenvalue weighted by Crippen LogP contribution is -2.44. The molecule has 1 aliphatic rings. The van der Waals surface area contributed by atoms with Gasteiger partial charge in [-0.25, -0.2) is 0 Å². The van der Waals surface area contributed by atoms with Crippen LogP contribution in [0.2, 0.25) is 0 Å². The molecule has 1 aliphatic heterocycles. The molecule has 0 aromatic heterocycles. The molecule has 2 amide bonds. The fourth-order valence-electron chi connectivity index (χ4n) is 4.00. The summed E-state index contributed by atoms with van der Waals surface area (Å²) in [6, 6.07) is 17.8. The second-order valence-corrected chi connectivity index (χ2v) is 7.36. The Hall–Kier alpha value is -2.62. The van der Waals surface area contributed by atoms with Crippen LogP contribution >= 0.6 is 0 Å². The standard InChI is InChI=1S/C23H28N2O2/c1-3-4-10-15-24-21(26)17-23(16-18-11-6-5-7-12-18)19-13-8-9-14-20(19)25(2)22(23)27/h5-9,11-14H,3-4,10,15-17H2,1-2H3,(H,24,26)/t23-/m0/s1. The summed E-state index contributed by atoms with van der Waals surface area (Å²) in [5, 5.41) is 3.01. The SMILES string of the molecule is CCCCCNC(=O)C[C@]1(Cc2ccccc2)C(=O)N(C)c2ccccc21. The van der Waals surface area contributed by atoms with Gasteiger partial charge in [-0.15, -0.1) is 0 Å². The first-order chi connectivity index (χ1) is 13.1. The summed E-state index contributed by atoms with van der Waals surface area (Å²) in [4.78, 5) is 27.8. The Balaban J connectivity index is 1.91. The quantitative estimate of drug-likeness (QED) is 0.724. The van der Waals surface area contributed by atoms with Crippen molar-refractivity contribution in [1.82, 2.24) is 5.32 Å². The molecular formula is C23H28N2O2. The van der Waals surface area contributed by atoms with Gasteiger partial charge in [0, 0.05) is 25.7 Å². The van der Waals surface area contributed by atoms with E-state index in [-0.39, 0.29) is 18.2 Å². The zero-order chi connectivity index (χ0) is 19.3. The monoisotopic (exact) mass is 364 g/mol. The van der Waals surface area contributed by atoms with E-state index in [2.05, 4.69) is 12.2 Å². The molecule has 1 atom stereocenters. The van der Waals surface area contributed by atoms with Crippen LogP contribution in [0.5, 0.6) is 0 Å². The molecule has 3 rings (SSSR count). The number of carbonyl (C=O) groups is 2. The van der Waals surface area contributed by atoms with Crippen LogP contribution in [0, 0.1) is 0 Å². The predicted octanol–water partition coefficient (Wildman–Crippen LogP) is 3.84. The molecule has 1 N–H and O–H groups in total. The molecule has 2 aromatic rings. The van der Waals surface area contributed by atoms with E-state index in [1.54, 1.807) is 11.9 Å². The number of nitrogens with zero attached hydrogens (tertiary/aromatic N) is 1. The van der Waals surface area contributed by atoms with Gasteiger partial charge in [-0.2, -0.15) is 0 Å². The van der Waals surface area contributed by atoms with E-state index in [9.17, 15) is 9.59 Å². The number of para-hydroxylation sites is 1. The molecule has 0 radical (unpaired) electrons. The van der Waals surface area contributed by atoms with Crippen LogP contribution in [0.4, 0.5) is 5.69 Å². The molecule has 2 aromatic carbocycles. The molecule has 4 heteroatoms. The van der Waals surface area contributed by atoms with Crippen LogP contribution in [0.1, 0.15) is 43.7 Å². The molecule has 0 saturated carbocycles. The largest absolute Gasteiger partial charge is 0.356 e. The minimum absolute atomic E-state index is 0.00346. The number of likely N-dealkylation sites (N-methyl/N-ethyl adjacent to an activating group) is 1. The van der Waals surface area contributed by atoms with Crippen molar-refractivity contribution in [2.75, 3.05) is 18.5 Å². The Morgan fingerprint density at radius 3 is 2.48 bits per heavy atom. The maximum absolute atomic E-state index is 13.3. The predicted molar refractivity (Wildman–Crippen MR) is 109 cm³/mol. The summed E-state index contributed by atoms with van der Waals surface area (Å²) in [5.74, 6) is -0.0586. The average Bonchev–Trinajstić information content (AvgIpc) is 2.89. The molecular weight excluding hydrogens is 336 g/mol. The zero-order valence-electron chi connectivity index (χ0n) is 16.2. The van der Waals surface area contributed by atoms with E-state index in [4.69, 9.17) is 0 Å².